The molecule has 0 bridgehead atoms. The summed E-state index contributed by atoms with van der Waals surface area (Å²) >= 11 is 0. The van der Waals surface area contributed by atoms with E-state index in [1.54, 1.807) is 6.20 Å². The Morgan fingerprint density at radius 2 is 1.86 bits per heavy atom. The van der Waals surface area contributed by atoms with Crippen LogP contribution in [-0.4, -0.2) is 28.6 Å². The van der Waals surface area contributed by atoms with Gasteiger partial charge in [-0.2, -0.15) is 0 Å². The smallest absolute Gasteiger partial charge is 0.174 e. The first-order chi connectivity index (χ1) is 10.6. The molecule has 0 atom stereocenters. The molecular formula is C18H24N2O2. The van der Waals surface area contributed by atoms with Crippen LogP contribution in [0.3, 0.4) is 0 Å². The highest BCUT2D eigenvalue weighted by Crippen LogP contribution is 2.34. The van der Waals surface area contributed by atoms with Gasteiger partial charge in [-0.25, -0.2) is 4.98 Å². The van der Waals surface area contributed by atoms with E-state index in [2.05, 4.69) is 47.7 Å². The second-order valence-corrected chi connectivity index (χ2v) is 6.87. The monoisotopic (exact) mass is 300 g/mol. The lowest BCUT2D eigenvalue weighted by atomic mass is 9.92. The fraction of sp³-hybridized carbons (Fsp3) is 0.500. The number of hydrogen-bond acceptors (Lipinski definition) is 3. The molecule has 1 aliphatic heterocycles. The van der Waals surface area contributed by atoms with E-state index in [4.69, 9.17) is 9.47 Å². The predicted molar refractivity (Wildman–Crippen MR) is 85.4 cm³/mol. The average molecular weight is 300 g/mol. The van der Waals surface area contributed by atoms with Crippen LogP contribution in [0.5, 0.6) is 0 Å². The van der Waals surface area contributed by atoms with Crippen LogP contribution in [0.4, 0.5) is 0 Å². The molecule has 0 radical (unpaired) electrons. The summed E-state index contributed by atoms with van der Waals surface area (Å²) in [5.41, 5.74) is 1.32. The van der Waals surface area contributed by atoms with E-state index in [0.29, 0.717) is 0 Å². The Labute approximate surface area is 132 Å². The highest BCUT2D eigenvalue weighted by atomic mass is 16.7. The quantitative estimate of drug-likeness (QED) is 0.850. The van der Waals surface area contributed by atoms with Crippen LogP contribution in [0.2, 0.25) is 0 Å². The Hall–Kier alpha value is -1.65. The summed E-state index contributed by atoms with van der Waals surface area (Å²) in [4.78, 5) is 4.10. The molecule has 22 heavy (non-hydrogen) atoms. The third-order valence-electron chi connectivity index (χ3n) is 4.08. The molecule has 0 unspecified atom stereocenters. The predicted octanol–water partition coefficient (Wildman–Crippen LogP) is 3.29. The van der Waals surface area contributed by atoms with Crippen molar-refractivity contribution in [3.8, 4) is 0 Å². The standard InChI is InChI=1S/C18H24N2O2/c1-17(2)13-21-18(22-14-17,8-10-20-11-9-19-15-20)12-16-6-4-3-5-7-16/h3-7,9,11,15H,8,10,12-14H2,1-2H3. The average Bonchev–Trinajstić information content (AvgIpc) is 3.03. The van der Waals surface area contributed by atoms with Crippen LogP contribution in [0, 0.1) is 5.41 Å². The summed E-state index contributed by atoms with van der Waals surface area (Å²) in [7, 11) is 0. The number of ether oxygens (including phenoxy) is 2. The molecule has 0 aliphatic carbocycles. The van der Waals surface area contributed by atoms with E-state index in [1.165, 1.54) is 5.56 Å². The van der Waals surface area contributed by atoms with Crippen LogP contribution in [0.25, 0.3) is 0 Å². The topological polar surface area (TPSA) is 36.3 Å². The third-order valence-corrected chi connectivity index (χ3v) is 4.08. The molecule has 1 aromatic heterocycles. The maximum atomic E-state index is 6.23. The van der Waals surface area contributed by atoms with E-state index >= 15 is 0 Å². The highest BCUT2D eigenvalue weighted by Gasteiger charge is 2.40. The lowest BCUT2D eigenvalue weighted by Gasteiger charge is -2.43. The number of imidazole rings is 1. The molecule has 2 heterocycles. The second-order valence-electron chi connectivity index (χ2n) is 6.87. The summed E-state index contributed by atoms with van der Waals surface area (Å²) in [5, 5.41) is 0. The van der Waals surface area contributed by atoms with Gasteiger partial charge >= 0.3 is 0 Å². The number of nitrogens with zero attached hydrogens (tertiary/aromatic N) is 2. The van der Waals surface area contributed by atoms with Crippen molar-refractivity contribution in [3.63, 3.8) is 0 Å². The fourth-order valence-electron chi connectivity index (χ4n) is 2.70. The molecule has 1 fully saturated rings. The Balaban J connectivity index is 1.73. The van der Waals surface area contributed by atoms with Gasteiger partial charge in [-0.05, 0) is 5.56 Å². The van der Waals surface area contributed by atoms with Crippen molar-refractivity contribution < 1.29 is 9.47 Å². The van der Waals surface area contributed by atoms with Gasteiger partial charge in [-0.3, -0.25) is 0 Å². The molecule has 0 amide bonds. The summed E-state index contributed by atoms with van der Waals surface area (Å²) < 4.78 is 14.5. The SMILES string of the molecule is CC1(C)COC(CCn2ccnc2)(Cc2ccccc2)OC1. The Kier molecular flexibility index (Phi) is 4.32. The van der Waals surface area contributed by atoms with Crippen molar-refractivity contribution in [3.05, 3.63) is 54.6 Å². The minimum absolute atomic E-state index is 0.0786. The Morgan fingerprint density at radius 1 is 1.14 bits per heavy atom. The van der Waals surface area contributed by atoms with Crippen molar-refractivity contribution in [2.24, 2.45) is 5.41 Å². The molecule has 3 rings (SSSR count). The molecule has 0 saturated carbocycles. The van der Waals surface area contributed by atoms with Crippen LogP contribution in [0.1, 0.15) is 25.8 Å². The summed E-state index contributed by atoms with van der Waals surface area (Å²) in [6, 6.07) is 10.4. The van der Waals surface area contributed by atoms with Crippen LogP contribution in [-0.2, 0) is 22.4 Å². The molecule has 118 valence electrons. The van der Waals surface area contributed by atoms with Gasteiger partial charge in [0.2, 0.25) is 0 Å². The van der Waals surface area contributed by atoms with E-state index in [1.807, 2.05) is 18.6 Å². The molecular weight excluding hydrogens is 276 g/mol. The van der Waals surface area contributed by atoms with Gasteiger partial charge in [0.25, 0.3) is 0 Å². The summed E-state index contributed by atoms with van der Waals surface area (Å²) in [6.07, 6.45) is 7.20. The van der Waals surface area contributed by atoms with E-state index in [9.17, 15) is 0 Å². The van der Waals surface area contributed by atoms with E-state index < -0.39 is 5.79 Å². The van der Waals surface area contributed by atoms with Gasteiger partial charge in [0.15, 0.2) is 5.79 Å². The summed E-state index contributed by atoms with van der Waals surface area (Å²) in [6.45, 7) is 6.64. The minimum atomic E-state index is -0.541. The number of aromatic nitrogens is 2. The van der Waals surface area contributed by atoms with Gasteiger partial charge in [-0.15, -0.1) is 0 Å². The number of hydrogen-bond donors (Lipinski definition) is 0. The van der Waals surface area contributed by atoms with Gasteiger partial charge < -0.3 is 14.0 Å². The number of benzene rings is 1. The molecule has 4 heteroatoms. The van der Waals surface area contributed by atoms with Crippen molar-refractivity contribution >= 4 is 0 Å². The van der Waals surface area contributed by atoms with Gasteiger partial charge in [0.05, 0.1) is 19.5 Å². The second kappa shape index (κ2) is 6.23. The normalized spacial score (nSPS) is 19.9. The van der Waals surface area contributed by atoms with Crippen LogP contribution >= 0.6 is 0 Å². The van der Waals surface area contributed by atoms with Crippen LogP contribution in [0.15, 0.2) is 49.1 Å². The third kappa shape index (κ3) is 3.76. The lowest BCUT2D eigenvalue weighted by Crippen LogP contribution is -2.49. The van der Waals surface area contributed by atoms with Crippen molar-refractivity contribution in [1.29, 1.82) is 0 Å². The highest BCUT2D eigenvalue weighted by molar-refractivity contribution is 5.16. The van der Waals surface area contributed by atoms with Crippen molar-refractivity contribution in [2.75, 3.05) is 13.2 Å². The van der Waals surface area contributed by atoms with Gasteiger partial charge in [0, 0.05) is 37.2 Å². The maximum Gasteiger partial charge on any atom is 0.174 e. The molecule has 4 nitrogen and oxygen atoms in total. The maximum absolute atomic E-state index is 6.23. The molecule has 1 aromatic carbocycles. The molecule has 0 N–H and O–H groups in total. The fourth-order valence-corrected chi connectivity index (χ4v) is 2.70. The molecule has 1 saturated heterocycles. The zero-order valence-corrected chi connectivity index (χ0v) is 13.4. The largest absolute Gasteiger partial charge is 0.349 e. The number of aryl methyl sites for hydroxylation is 1. The van der Waals surface area contributed by atoms with Gasteiger partial charge in [0.1, 0.15) is 0 Å². The molecule has 2 aromatic rings. The zero-order chi connectivity index (χ0) is 15.5. The van der Waals surface area contributed by atoms with E-state index in [-0.39, 0.29) is 5.41 Å². The zero-order valence-electron chi connectivity index (χ0n) is 13.4. The minimum Gasteiger partial charge on any atom is -0.349 e. The van der Waals surface area contributed by atoms with E-state index in [0.717, 1.165) is 32.6 Å². The molecule has 1 aliphatic rings. The van der Waals surface area contributed by atoms with Crippen molar-refractivity contribution in [1.82, 2.24) is 9.55 Å². The number of rotatable bonds is 5. The first kappa shape index (κ1) is 15.3. The molecule has 0 spiro atoms. The Morgan fingerprint density at radius 3 is 2.50 bits per heavy atom. The Bertz CT molecular complexity index is 568. The summed E-state index contributed by atoms with van der Waals surface area (Å²) in [5.74, 6) is -0.541. The lowest BCUT2D eigenvalue weighted by molar-refractivity contribution is -0.301. The van der Waals surface area contributed by atoms with Crippen molar-refractivity contribution in [2.45, 2.75) is 39.0 Å². The van der Waals surface area contributed by atoms with Gasteiger partial charge in [-0.1, -0.05) is 44.2 Å². The van der Waals surface area contributed by atoms with Crippen LogP contribution < -0.4 is 0 Å². The first-order valence-corrected chi connectivity index (χ1v) is 7.85. The first-order valence-electron chi connectivity index (χ1n) is 7.85.